The van der Waals surface area contributed by atoms with Crippen LogP contribution in [0.5, 0.6) is 0 Å². The molecule has 1 N–H and O–H groups in total. The van der Waals surface area contributed by atoms with Crippen molar-refractivity contribution in [2.24, 2.45) is 5.92 Å². The van der Waals surface area contributed by atoms with Gasteiger partial charge in [0.25, 0.3) is 0 Å². The van der Waals surface area contributed by atoms with Crippen LogP contribution in [0.3, 0.4) is 0 Å². The summed E-state index contributed by atoms with van der Waals surface area (Å²) >= 11 is 0. The summed E-state index contributed by atoms with van der Waals surface area (Å²) in [5, 5.41) is 10.4. The van der Waals surface area contributed by atoms with Gasteiger partial charge in [0.15, 0.2) is 0 Å². The average Bonchev–Trinajstić information content (AvgIpc) is 2.19. The van der Waals surface area contributed by atoms with Crippen LogP contribution in [0.1, 0.15) is 46.0 Å². The van der Waals surface area contributed by atoms with Gasteiger partial charge >= 0.3 is 0 Å². The van der Waals surface area contributed by atoms with E-state index in [9.17, 15) is 5.11 Å². The van der Waals surface area contributed by atoms with Crippen LogP contribution in [0.15, 0.2) is 0 Å². The summed E-state index contributed by atoms with van der Waals surface area (Å²) in [5.74, 6) is 0.464. The van der Waals surface area contributed by atoms with E-state index in [1.54, 1.807) is 0 Å². The van der Waals surface area contributed by atoms with Crippen molar-refractivity contribution in [2.75, 3.05) is 13.2 Å². The second-order valence-corrected chi connectivity index (χ2v) is 4.09. The van der Waals surface area contributed by atoms with Gasteiger partial charge in [-0.25, -0.2) is 0 Å². The van der Waals surface area contributed by atoms with E-state index in [2.05, 4.69) is 13.8 Å². The number of rotatable bonds is 4. The first-order chi connectivity index (χ1) is 6.23. The molecular formula is C11H22O2. The largest absolute Gasteiger partial charge is 0.390 e. The summed E-state index contributed by atoms with van der Waals surface area (Å²) in [6.45, 7) is 5.89. The summed E-state index contributed by atoms with van der Waals surface area (Å²) < 4.78 is 5.31. The Kier molecular flexibility index (Phi) is 4.20. The van der Waals surface area contributed by atoms with Crippen LogP contribution < -0.4 is 0 Å². The van der Waals surface area contributed by atoms with Gasteiger partial charge in [-0.15, -0.1) is 0 Å². The van der Waals surface area contributed by atoms with Crippen LogP contribution in [0.4, 0.5) is 0 Å². The van der Waals surface area contributed by atoms with E-state index in [-0.39, 0.29) is 0 Å². The molecule has 0 aromatic rings. The Bertz CT molecular complexity index is 141. The molecule has 1 atom stereocenters. The molecule has 0 spiro atoms. The molecule has 0 aromatic heterocycles. The van der Waals surface area contributed by atoms with Crippen molar-refractivity contribution >= 4 is 0 Å². The van der Waals surface area contributed by atoms with Gasteiger partial charge in [-0.1, -0.05) is 20.3 Å². The quantitative estimate of drug-likeness (QED) is 0.730. The standard InChI is InChI=1S/C11H22O2/c1-3-7-11(12,4-2)10-5-8-13-9-6-10/h10,12H,3-9H2,1-2H3. The van der Waals surface area contributed by atoms with Gasteiger partial charge in [0.2, 0.25) is 0 Å². The molecule has 0 aromatic carbocycles. The molecule has 0 radical (unpaired) electrons. The molecule has 0 aliphatic carbocycles. The van der Waals surface area contributed by atoms with Gasteiger partial charge in [-0.05, 0) is 31.6 Å². The Morgan fingerprint density at radius 1 is 1.31 bits per heavy atom. The minimum Gasteiger partial charge on any atom is -0.390 e. The lowest BCUT2D eigenvalue weighted by Gasteiger charge is -2.37. The molecule has 1 aliphatic heterocycles. The van der Waals surface area contributed by atoms with Crippen molar-refractivity contribution in [3.63, 3.8) is 0 Å². The van der Waals surface area contributed by atoms with Crippen LogP contribution in [-0.2, 0) is 4.74 Å². The summed E-state index contributed by atoms with van der Waals surface area (Å²) in [6, 6.07) is 0. The maximum absolute atomic E-state index is 10.4. The highest BCUT2D eigenvalue weighted by Crippen LogP contribution is 2.33. The van der Waals surface area contributed by atoms with Crippen molar-refractivity contribution in [3.05, 3.63) is 0 Å². The van der Waals surface area contributed by atoms with Gasteiger partial charge in [0.05, 0.1) is 5.60 Å². The highest BCUT2D eigenvalue weighted by molar-refractivity contribution is 4.86. The fraction of sp³-hybridized carbons (Fsp3) is 1.00. The Labute approximate surface area is 81.3 Å². The average molecular weight is 186 g/mol. The smallest absolute Gasteiger partial charge is 0.0674 e. The van der Waals surface area contributed by atoms with Gasteiger partial charge < -0.3 is 9.84 Å². The van der Waals surface area contributed by atoms with Crippen molar-refractivity contribution in [2.45, 2.75) is 51.6 Å². The molecule has 2 nitrogen and oxygen atoms in total. The topological polar surface area (TPSA) is 29.5 Å². The molecule has 78 valence electrons. The molecule has 1 rings (SSSR count). The zero-order chi connectivity index (χ0) is 9.73. The van der Waals surface area contributed by atoms with E-state index in [0.717, 1.165) is 45.3 Å². The summed E-state index contributed by atoms with van der Waals surface area (Å²) in [7, 11) is 0. The maximum Gasteiger partial charge on any atom is 0.0674 e. The van der Waals surface area contributed by atoms with Crippen molar-refractivity contribution in [1.82, 2.24) is 0 Å². The molecule has 0 amide bonds. The molecule has 1 fully saturated rings. The van der Waals surface area contributed by atoms with Crippen molar-refractivity contribution < 1.29 is 9.84 Å². The van der Waals surface area contributed by atoms with Crippen molar-refractivity contribution in [1.29, 1.82) is 0 Å². The molecule has 2 heteroatoms. The van der Waals surface area contributed by atoms with Crippen molar-refractivity contribution in [3.8, 4) is 0 Å². The van der Waals surface area contributed by atoms with Crippen LogP contribution in [0.2, 0.25) is 0 Å². The third-order valence-corrected chi connectivity index (χ3v) is 3.28. The predicted octanol–water partition coefficient (Wildman–Crippen LogP) is 2.35. The third-order valence-electron chi connectivity index (χ3n) is 3.28. The monoisotopic (exact) mass is 186 g/mol. The van der Waals surface area contributed by atoms with E-state index < -0.39 is 5.60 Å². The zero-order valence-electron chi connectivity index (χ0n) is 8.88. The summed E-state index contributed by atoms with van der Waals surface area (Å²) in [6.07, 6.45) is 4.95. The highest BCUT2D eigenvalue weighted by atomic mass is 16.5. The Balaban J connectivity index is 2.51. The van der Waals surface area contributed by atoms with E-state index in [1.165, 1.54) is 0 Å². The minimum absolute atomic E-state index is 0.418. The second kappa shape index (κ2) is 4.97. The van der Waals surface area contributed by atoms with E-state index in [1.807, 2.05) is 0 Å². The SMILES string of the molecule is CCCC(O)(CC)C1CCOCC1. The Morgan fingerprint density at radius 2 is 1.92 bits per heavy atom. The van der Waals surface area contributed by atoms with Gasteiger partial charge in [-0.2, -0.15) is 0 Å². The molecule has 0 bridgehead atoms. The summed E-state index contributed by atoms with van der Waals surface area (Å²) in [4.78, 5) is 0. The lowest BCUT2D eigenvalue weighted by Crippen LogP contribution is -2.40. The first-order valence-electron chi connectivity index (χ1n) is 5.53. The molecule has 1 heterocycles. The van der Waals surface area contributed by atoms with E-state index in [0.29, 0.717) is 5.92 Å². The summed E-state index contributed by atoms with van der Waals surface area (Å²) in [5.41, 5.74) is -0.418. The molecule has 1 aliphatic rings. The first kappa shape index (κ1) is 11.0. The fourth-order valence-corrected chi connectivity index (χ4v) is 2.34. The lowest BCUT2D eigenvalue weighted by molar-refractivity contribution is -0.0732. The molecule has 1 unspecified atom stereocenters. The number of ether oxygens (including phenoxy) is 1. The molecule has 0 saturated carbocycles. The molecule has 1 saturated heterocycles. The van der Waals surface area contributed by atoms with E-state index >= 15 is 0 Å². The Hall–Kier alpha value is -0.0800. The normalized spacial score (nSPS) is 24.2. The van der Waals surface area contributed by atoms with Crippen LogP contribution >= 0.6 is 0 Å². The molecular weight excluding hydrogens is 164 g/mol. The maximum atomic E-state index is 10.4. The highest BCUT2D eigenvalue weighted by Gasteiger charge is 2.34. The first-order valence-corrected chi connectivity index (χ1v) is 5.53. The van der Waals surface area contributed by atoms with Crippen LogP contribution in [0, 0.1) is 5.92 Å². The number of hydrogen-bond acceptors (Lipinski definition) is 2. The van der Waals surface area contributed by atoms with Gasteiger partial charge in [0.1, 0.15) is 0 Å². The zero-order valence-corrected chi connectivity index (χ0v) is 8.88. The van der Waals surface area contributed by atoms with Crippen LogP contribution in [-0.4, -0.2) is 23.9 Å². The van der Waals surface area contributed by atoms with Gasteiger partial charge in [0, 0.05) is 13.2 Å². The molecule has 13 heavy (non-hydrogen) atoms. The lowest BCUT2D eigenvalue weighted by atomic mass is 9.77. The van der Waals surface area contributed by atoms with Crippen LogP contribution in [0.25, 0.3) is 0 Å². The predicted molar refractivity (Wildman–Crippen MR) is 53.7 cm³/mol. The second-order valence-electron chi connectivity index (χ2n) is 4.09. The number of aliphatic hydroxyl groups is 1. The Morgan fingerprint density at radius 3 is 2.38 bits per heavy atom. The third kappa shape index (κ3) is 2.68. The van der Waals surface area contributed by atoms with E-state index in [4.69, 9.17) is 4.74 Å². The fourth-order valence-electron chi connectivity index (χ4n) is 2.34. The minimum atomic E-state index is -0.418. The van der Waals surface area contributed by atoms with Gasteiger partial charge in [-0.3, -0.25) is 0 Å². The number of hydrogen-bond donors (Lipinski definition) is 1.